The van der Waals surface area contributed by atoms with E-state index in [0.717, 1.165) is 37.2 Å². The fourth-order valence-electron chi connectivity index (χ4n) is 2.28. The molecule has 1 amide bonds. The van der Waals surface area contributed by atoms with E-state index in [1.54, 1.807) is 0 Å². The number of hydrogen-bond acceptors (Lipinski definition) is 2. The van der Waals surface area contributed by atoms with Gasteiger partial charge in [0.2, 0.25) is 5.91 Å². The van der Waals surface area contributed by atoms with Crippen LogP contribution in [0.1, 0.15) is 38.7 Å². The average Bonchev–Trinajstić information content (AvgIpc) is 2.39. The SMILES string of the molecule is CCC(C)CC(=O)Nc1cccc2c1NCCC2. The molecule has 0 bridgehead atoms. The van der Waals surface area contributed by atoms with Gasteiger partial charge in [-0.1, -0.05) is 32.4 Å². The van der Waals surface area contributed by atoms with E-state index in [1.165, 1.54) is 5.56 Å². The summed E-state index contributed by atoms with van der Waals surface area (Å²) in [6, 6.07) is 6.13. The third-order valence-corrected chi connectivity index (χ3v) is 3.58. The van der Waals surface area contributed by atoms with Crippen molar-refractivity contribution in [2.75, 3.05) is 17.2 Å². The molecular weight excluding hydrogens is 224 g/mol. The first-order chi connectivity index (χ1) is 8.70. The second-order valence-electron chi connectivity index (χ2n) is 5.14. The standard InChI is InChI=1S/C15H22N2O/c1-3-11(2)10-14(18)17-13-8-4-6-12-7-5-9-16-15(12)13/h4,6,8,11,16H,3,5,7,9-10H2,1-2H3,(H,17,18). The number of aryl methyl sites for hydroxylation is 1. The molecule has 98 valence electrons. The van der Waals surface area contributed by atoms with Gasteiger partial charge in [-0.25, -0.2) is 0 Å². The molecule has 3 heteroatoms. The van der Waals surface area contributed by atoms with Crippen LogP contribution in [0.3, 0.4) is 0 Å². The summed E-state index contributed by atoms with van der Waals surface area (Å²) in [6.07, 6.45) is 3.90. The molecule has 0 saturated heterocycles. The third-order valence-electron chi connectivity index (χ3n) is 3.58. The molecule has 0 aliphatic carbocycles. The molecule has 1 atom stereocenters. The van der Waals surface area contributed by atoms with Crippen molar-refractivity contribution in [1.82, 2.24) is 0 Å². The molecular formula is C15H22N2O. The Labute approximate surface area is 109 Å². The van der Waals surface area contributed by atoms with Crippen LogP contribution in [0.5, 0.6) is 0 Å². The van der Waals surface area contributed by atoms with Crippen LogP contribution in [-0.4, -0.2) is 12.5 Å². The number of carbonyl (C=O) groups excluding carboxylic acids is 1. The van der Waals surface area contributed by atoms with Crippen molar-refractivity contribution >= 4 is 17.3 Å². The predicted molar refractivity (Wildman–Crippen MR) is 76.0 cm³/mol. The van der Waals surface area contributed by atoms with Gasteiger partial charge in [0.1, 0.15) is 0 Å². The number of benzene rings is 1. The van der Waals surface area contributed by atoms with Crippen LogP contribution in [-0.2, 0) is 11.2 Å². The van der Waals surface area contributed by atoms with Crippen LogP contribution in [0.4, 0.5) is 11.4 Å². The highest BCUT2D eigenvalue weighted by molar-refractivity contribution is 5.95. The van der Waals surface area contributed by atoms with E-state index in [2.05, 4.69) is 30.5 Å². The molecule has 0 spiro atoms. The third kappa shape index (κ3) is 3.03. The van der Waals surface area contributed by atoms with Gasteiger partial charge in [0.25, 0.3) is 0 Å². The number of para-hydroxylation sites is 1. The Morgan fingerprint density at radius 2 is 2.33 bits per heavy atom. The van der Waals surface area contributed by atoms with Crippen molar-refractivity contribution in [3.05, 3.63) is 23.8 Å². The maximum Gasteiger partial charge on any atom is 0.224 e. The van der Waals surface area contributed by atoms with Crippen LogP contribution in [0, 0.1) is 5.92 Å². The quantitative estimate of drug-likeness (QED) is 0.854. The van der Waals surface area contributed by atoms with Crippen molar-refractivity contribution in [1.29, 1.82) is 0 Å². The van der Waals surface area contributed by atoms with Gasteiger partial charge in [0, 0.05) is 13.0 Å². The smallest absolute Gasteiger partial charge is 0.224 e. The Bertz CT molecular complexity index is 429. The van der Waals surface area contributed by atoms with Gasteiger partial charge in [-0.3, -0.25) is 4.79 Å². The summed E-state index contributed by atoms with van der Waals surface area (Å²) >= 11 is 0. The lowest BCUT2D eigenvalue weighted by molar-refractivity contribution is -0.117. The van der Waals surface area contributed by atoms with Gasteiger partial charge in [-0.05, 0) is 30.4 Å². The van der Waals surface area contributed by atoms with Gasteiger partial charge < -0.3 is 10.6 Å². The number of amides is 1. The zero-order valence-electron chi connectivity index (χ0n) is 11.3. The largest absolute Gasteiger partial charge is 0.383 e. The lowest BCUT2D eigenvalue weighted by Crippen LogP contribution is -2.18. The fraction of sp³-hybridized carbons (Fsp3) is 0.533. The number of hydrogen-bond donors (Lipinski definition) is 2. The van der Waals surface area contributed by atoms with Gasteiger partial charge in [0.15, 0.2) is 0 Å². The minimum atomic E-state index is 0.116. The number of carbonyl (C=O) groups is 1. The molecule has 0 fully saturated rings. The summed E-state index contributed by atoms with van der Waals surface area (Å²) < 4.78 is 0. The summed E-state index contributed by atoms with van der Waals surface area (Å²) in [4.78, 5) is 11.9. The van der Waals surface area contributed by atoms with E-state index in [4.69, 9.17) is 0 Å². The second kappa shape index (κ2) is 5.89. The van der Waals surface area contributed by atoms with Gasteiger partial charge in [-0.15, -0.1) is 0 Å². The Hall–Kier alpha value is -1.51. The van der Waals surface area contributed by atoms with E-state index < -0.39 is 0 Å². The number of nitrogens with one attached hydrogen (secondary N) is 2. The van der Waals surface area contributed by atoms with Gasteiger partial charge in [0.05, 0.1) is 11.4 Å². The first-order valence-corrected chi connectivity index (χ1v) is 6.86. The molecule has 1 aliphatic rings. The van der Waals surface area contributed by atoms with Crippen LogP contribution < -0.4 is 10.6 Å². The molecule has 1 aromatic carbocycles. The van der Waals surface area contributed by atoms with Gasteiger partial charge >= 0.3 is 0 Å². The van der Waals surface area contributed by atoms with E-state index >= 15 is 0 Å². The lowest BCUT2D eigenvalue weighted by Gasteiger charge is -2.21. The molecule has 0 saturated carbocycles. The fourth-order valence-corrected chi connectivity index (χ4v) is 2.28. The summed E-state index contributed by atoms with van der Waals surface area (Å²) in [5, 5.41) is 6.42. The molecule has 2 N–H and O–H groups in total. The second-order valence-corrected chi connectivity index (χ2v) is 5.14. The Morgan fingerprint density at radius 1 is 1.50 bits per heavy atom. The molecule has 1 aliphatic heterocycles. The molecule has 0 radical (unpaired) electrons. The monoisotopic (exact) mass is 246 g/mol. The van der Waals surface area contributed by atoms with E-state index in [1.807, 2.05) is 12.1 Å². The molecule has 1 heterocycles. The van der Waals surface area contributed by atoms with Crippen molar-refractivity contribution in [3.63, 3.8) is 0 Å². The first-order valence-electron chi connectivity index (χ1n) is 6.86. The Morgan fingerprint density at radius 3 is 3.11 bits per heavy atom. The zero-order chi connectivity index (χ0) is 13.0. The normalized spacial score (nSPS) is 15.4. The first kappa shape index (κ1) is 12.9. The van der Waals surface area contributed by atoms with Crippen LogP contribution >= 0.6 is 0 Å². The van der Waals surface area contributed by atoms with Crippen LogP contribution in [0.15, 0.2) is 18.2 Å². The summed E-state index contributed by atoms with van der Waals surface area (Å²) in [7, 11) is 0. The summed E-state index contributed by atoms with van der Waals surface area (Å²) in [5.41, 5.74) is 3.35. The zero-order valence-corrected chi connectivity index (χ0v) is 11.3. The molecule has 3 nitrogen and oxygen atoms in total. The molecule has 1 aromatic rings. The van der Waals surface area contributed by atoms with Crippen molar-refractivity contribution in [3.8, 4) is 0 Å². The summed E-state index contributed by atoms with van der Waals surface area (Å²) in [5.74, 6) is 0.558. The van der Waals surface area contributed by atoms with Gasteiger partial charge in [-0.2, -0.15) is 0 Å². The Balaban J connectivity index is 2.07. The lowest BCUT2D eigenvalue weighted by atomic mass is 10.0. The minimum Gasteiger partial charge on any atom is -0.383 e. The number of fused-ring (bicyclic) bond motifs is 1. The Kier molecular flexibility index (Phi) is 4.24. The molecule has 18 heavy (non-hydrogen) atoms. The van der Waals surface area contributed by atoms with Crippen molar-refractivity contribution in [2.45, 2.75) is 39.5 Å². The average molecular weight is 246 g/mol. The van der Waals surface area contributed by atoms with E-state index in [9.17, 15) is 4.79 Å². The highest BCUT2D eigenvalue weighted by atomic mass is 16.1. The highest BCUT2D eigenvalue weighted by Gasteiger charge is 2.14. The minimum absolute atomic E-state index is 0.116. The molecule has 0 aromatic heterocycles. The maximum atomic E-state index is 11.9. The topological polar surface area (TPSA) is 41.1 Å². The van der Waals surface area contributed by atoms with E-state index in [-0.39, 0.29) is 5.91 Å². The number of anilines is 2. The molecule has 2 rings (SSSR count). The van der Waals surface area contributed by atoms with E-state index in [0.29, 0.717) is 12.3 Å². The van der Waals surface area contributed by atoms with Crippen molar-refractivity contribution < 1.29 is 4.79 Å². The maximum absolute atomic E-state index is 11.9. The van der Waals surface area contributed by atoms with Crippen LogP contribution in [0.2, 0.25) is 0 Å². The van der Waals surface area contributed by atoms with Crippen molar-refractivity contribution in [2.24, 2.45) is 5.92 Å². The predicted octanol–water partition coefficient (Wildman–Crippen LogP) is 3.42. The van der Waals surface area contributed by atoms with Crippen LogP contribution in [0.25, 0.3) is 0 Å². The summed E-state index contributed by atoms with van der Waals surface area (Å²) in [6.45, 7) is 5.22. The molecule has 1 unspecified atom stereocenters. The number of rotatable bonds is 4. The highest BCUT2D eigenvalue weighted by Crippen LogP contribution is 2.30.